The lowest BCUT2D eigenvalue weighted by Crippen LogP contribution is -2.28. The van der Waals surface area contributed by atoms with Crippen LogP contribution < -0.4 is 0 Å². The standard InChI is InChI=1S/C23H38O5/c1-5-6-14-23(3,4)21(26)13-12-18-17(19(24)15-20(18)25)11-9-7-8-10-16(2)22(27)28/h10,12-13,17-18,20-21,25-26H,5-9,11,14-15H2,1-4H3,(H,27,28)/t17-,18-,20-,21+/m1/s1. The van der Waals surface area contributed by atoms with Crippen molar-refractivity contribution in [3.63, 3.8) is 0 Å². The smallest absolute Gasteiger partial charge is 0.330 e. The third-order valence-corrected chi connectivity index (χ3v) is 5.98. The Morgan fingerprint density at radius 2 is 1.96 bits per heavy atom. The summed E-state index contributed by atoms with van der Waals surface area (Å²) in [6, 6.07) is 0. The topological polar surface area (TPSA) is 94.8 Å². The molecule has 1 rings (SSSR count). The first kappa shape index (κ1) is 24.6. The molecule has 0 aliphatic heterocycles. The van der Waals surface area contributed by atoms with Crippen LogP contribution in [0.4, 0.5) is 0 Å². The molecule has 0 amide bonds. The molecule has 0 unspecified atom stereocenters. The summed E-state index contributed by atoms with van der Waals surface area (Å²) in [7, 11) is 0. The van der Waals surface area contributed by atoms with E-state index in [1.807, 2.05) is 19.9 Å². The van der Waals surface area contributed by atoms with E-state index in [2.05, 4.69) is 6.92 Å². The first-order valence-electron chi connectivity index (χ1n) is 10.6. The minimum absolute atomic E-state index is 0.0825. The number of hydrogen-bond donors (Lipinski definition) is 3. The number of aliphatic carboxylic acids is 1. The molecule has 0 saturated heterocycles. The number of hydrogen-bond acceptors (Lipinski definition) is 4. The molecule has 0 aromatic carbocycles. The van der Waals surface area contributed by atoms with Gasteiger partial charge in [-0.25, -0.2) is 4.79 Å². The molecule has 1 aliphatic carbocycles. The number of aliphatic hydroxyl groups excluding tert-OH is 2. The number of carbonyl (C=O) groups is 2. The van der Waals surface area contributed by atoms with Crippen molar-refractivity contribution in [2.45, 2.75) is 91.3 Å². The summed E-state index contributed by atoms with van der Waals surface area (Å²) in [4.78, 5) is 23.1. The van der Waals surface area contributed by atoms with Gasteiger partial charge in [-0.3, -0.25) is 4.79 Å². The predicted molar refractivity (Wildman–Crippen MR) is 111 cm³/mol. The molecule has 0 spiro atoms. The number of allylic oxidation sites excluding steroid dienone is 1. The largest absolute Gasteiger partial charge is 0.478 e. The molecule has 1 saturated carbocycles. The molecule has 0 radical (unpaired) electrons. The lowest BCUT2D eigenvalue weighted by molar-refractivity contribution is -0.132. The second-order valence-corrected chi connectivity index (χ2v) is 8.82. The molecule has 5 nitrogen and oxygen atoms in total. The van der Waals surface area contributed by atoms with Crippen molar-refractivity contribution < 1.29 is 24.9 Å². The minimum atomic E-state index is -0.903. The number of Topliss-reactive ketones (excluding diaryl/α,β-unsaturated/α-hetero) is 1. The zero-order chi connectivity index (χ0) is 21.3. The maximum atomic E-state index is 12.3. The lowest BCUT2D eigenvalue weighted by Gasteiger charge is -2.29. The third-order valence-electron chi connectivity index (χ3n) is 5.98. The van der Waals surface area contributed by atoms with Gasteiger partial charge in [0.1, 0.15) is 5.78 Å². The van der Waals surface area contributed by atoms with Crippen molar-refractivity contribution in [3.05, 3.63) is 23.8 Å². The van der Waals surface area contributed by atoms with Crippen LogP contribution >= 0.6 is 0 Å². The van der Waals surface area contributed by atoms with E-state index in [4.69, 9.17) is 5.11 Å². The highest BCUT2D eigenvalue weighted by atomic mass is 16.4. The summed E-state index contributed by atoms with van der Waals surface area (Å²) < 4.78 is 0. The summed E-state index contributed by atoms with van der Waals surface area (Å²) in [6.45, 7) is 7.78. The SMILES string of the molecule is CCCCC(C)(C)[C@@H](O)C=C[C@H]1[C@H](O)CC(=O)[C@@H]1CCCCC=C(C)C(=O)O. The molecule has 1 fully saturated rings. The van der Waals surface area contributed by atoms with Gasteiger partial charge in [-0.05, 0) is 38.0 Å². The first-order valence-corrected chi connectivity index (χ1v) is 10.6. The van der Waals surface area contributed by atoms with Gasteiger partial charge in [-0.2, -0.15) is 0 Å². The average Bonchev–Trinajstić information content (AvgIpc) is 2.90. The van der Waals surface area contributed by atoms with Crippen LogP contribution in [0.2, 0.25) is 0 Å². The van der Waals surface area contributed by atoms with Gasteiger partial charge in [0.05, 0.1) is 12.2 Å². The fourth-order valence-corrected chi connectivity index (χ4v) is 3.78. The van der Waals surface area contributed by atoms with Gasteiger partial charge in [-0.1, -0.05) is 58.3 Å². The first-order chi connectivity index (χ1) is 13.1. The summed E-state index contributed by atoms with van der Waals surface area (Å²) in [5.74, 6) is -1.29. The highest BCUT2D eigenvalue weighted by Crippen LogP contribution is 2.35. The van der Waals surface area contributed by atoms with E-state index in [1.54, 1.807) is 19.1 Å². The number of unbranched alkanes of at least 4 members (excludes halogenated alkanes) is 3. The molecular weight excluding hydrogens is 356 g/mol. The molecular formula is C23H38O5. The second-order valence-electron chi connectivity index (χ2n) is 8.82. The predicted octanol–water partition coefficient (Wildman–Crippen LogP) is 4.28. The number of carbonyl (C=O) groups excluding carboxylic acids is 1. The Morgan fingerprint density at radius 1 is 1.29 bits per heavy atom. The van der Waals surface area contributed by atoms with Crippen LogP contribution in [-0.2, 0) is 9.59 Å². The van der Waals surface area contributed by atoms with Crippen molar-refractivity contribution >= 4 is 11.8 Å². The molecule has 160 valence electrons. The van der Waals surface area contributed by atoms with Crippen molar-refractivity contribution in [1.29, 1.82) is 0 Å². The molecule has 3 N–H and O–H groups in total. The Balaban J connectivity index is 2.62. The summed E-state index contributed by atoms with van der Waals surface area (Å²) in [6.07, 6.45) is 10.2. The van der Waals surface area contributed by atoms with Crippen molar-refractivity contribution in [1.82, 2.24) is 0 Å². The van der Waals surface area contributed by atoms with Gasteiger partial charge in [0.15, 0.2) is 0 Å². The molecule has 0 heterocycles. The van der Waals surface area contributed by atoms with Crippen LogP contribution in [0.15, 0.2) is 23.8 Å². The molecule has 1 aliphatic rings. The van der Waals surface area contributed by atoms with Crippen molar-refractivity contribution in [2.75, 3.05) is 0 Å². The van der Waals surface area contributed by atoms with E-state index in [-0.39, 0.29) is 29.5 Å². The number of aliphatic hydroxyl groups is 2. The average molecular weight is 395 g/mol. The molecule has 28 heavy (non-hydrogen) atoms. The van der Waals surface area contributed by atoms with Gasteiger partial charge >= 0.3 is 5.97 Å². The number of ketones is 1. The van der Waals surface area contributed by atoms with Gasteiger partial charge in [0, 0.05) is 23.8 Å². The Kier molecular flexibility index (Phi) is 10.1. The fourth-order valence-electron chi connectivity index (χ4n) is 3.78. The Morgan fingerprint density at radius 3 is 2.57 bits per heavy atom. The zero-order valence-electron chi connectivity index (χ0n) is 17.9. The van der Waals surface area contributed by atoms with Gasteiger partial charge in [0.25, 0.3) is 0 Å². The van der Waals surface area contributed by atoms with Crippen LogP contribution in [0.3, 0.4) is 0 Å². The normalized spacial score (nSPS) is 24.9. The van der Waals surface area contributed by atoms with Crippen LogP contribution in [0.1, 0.15) is 79.1 Å². The summed E-state index contributed by atoms with van der Waals surface area (Å²) >= 11 is 0. The molecule has 0 aromatic rings. The lowest BCUT2D eigenvalue weighted by atomic mass is 9.80. The summed E-state index contributed by atoms with van der Waals surface area (Å²) in [5.41, 5.74) is 0.108. The quantitative estimate of drug-likeness (QED) is 0.261. The highest BCUT2D eigenvalue weighted by Gasteiger charge is 2.39. The molecule has 0 aromatic heterocycles. The van der Waals surface area contributed by atoms with E-state index < -0.39 is 18.2 Å². The van der Waals surface area contributed by atoms with E-state index in [1.165, 1.54) is 0 Å². The minimum Gasteiger partial charge on any atom is -0.478 e. The van der Waals surface area contributed by atoms with Crippen LogP contribution in [0, 0.1) is 17.3 Å². The fraction of sp³-hybridized carbons (Fsp3) is 0.739. The van der Waals surface area contributed by atoms with Gasteiger partial charge < -0.3 is 15.3 Å². The monoisotopic (exact) mass is 394 g/mol. The number of carboxylic acid groups (broad SMARTS) is 1. The zero-order valence-corrected chi connectivity index (χ0v) is 17.9. The van der Waals surface area contributed by atoms with Crippen LogP contribution in [0.25, 0.3) is 0 Å². The van der Waals surface area contributed by atoms with Crippen molar-refractivity contribution in [3.8, 4) is 0 Å². The number of carboxylic acids is 1. The van der Waals surface area contributed by atoms with E-state index in [0.717, 1.165) is 32.1 Å². The summed E-state index contributed by atoms with van der Waals surface area (Å²) in [5, 5.41) is 29.7. The maximum absolute atomic E-state index is 12.3. The van der Waals surface area contributed by atoms with Gasteiger partial charge in [-0.15, -0.1) is 0 Å². The van der Waals surface area contributed by atoms with E-state index in [0.29, 0.717) is 18.4 Å². The van der Waals surface area contributed by atoms with Crippen molar-refractivity contribution in [2.24, 2.45) is 17.3 Å². The van der Waals surface area contributed by atoms with E-state index in [9.17, 15) is 19.8 Å². The van der Waals surface area contributed by atoms with Crippen LogP contribution in [0.5, 0.6) is 0 Å². The van der Waals surface area contributed by atoms with Crippen LogP contribution in [-0.4, -0.2) is 39.3 Å². The number of rotatable bonds is 12. The Bertz CT molecular complexity index is 576. The second kappa shape index (κ2) is 11.5. The van der Waals surface area contributed by atoms with Gasteiger partial charge in [0.2, 0.25) is 0 Å². The Labute approximate surface area is 169 Å². The van der Waals surface area contributed by atoms with E-state index >= 15 is 0 Å². The third kappa shape index (κ3) is 7.51. The molecule has 0 bridgehead atoms. The Hall–Kier alpha value is -1.46. The maximum Gasteiger partial charge on any atom is 0.330 e. The molecule has 4 atom stereocenters. The highest BCUT2D eigenvalue weighted by molar-refractivity contribution is 5.85. The molecule has 5 heteroatoms.